The van der Waals surface area contributed by atoms with Crippen LogP contribution in [0.15, 0.2) is 30.3 Å². The molecule has 0 spiro atoms. The Morgan fingerprint density at radius 3 is 2.48 bits per heavy atom. The first-order valence-electron chi connectivity index (χ1n) is 7.53. The first kappa shape index (κ1) is 19.3. The SMILES string of the molecule is O=C(O)CCN(Cc1ccc(F)c(F)c1)C(=O)CCc1ccc(Cl)s1. The number of carboxylic acid groups (broad SMARTS) is 1. The van der Waals surface area contributed by atoms with E-state index in [0.29, 0.717) is 16.3 Å². The number of aryl methyl sites for hydroxylation is 1. The Morgan fingerprint density at radius 2 is 1.88 bits per heavy atom. The second kappa shape index (κ2) is 8.92. The Labute approximate surface area is 152 Å². The van der Waals surface area contributed by atoms with Crippen LogP contribution in [0.5, 0.6) is 0 Å². The van der Waals surface area contributed by atoms with E-state index in [9.17, 15) is 18.4 Å². The minimum atomic E-state index is -1.03. The van der Waals surface area contributed by atoms with E-state index in [1.807, 2.05) is 6.07 Å². The van der Waals surface area contributed by atoms with Crippen molar-refractivity contribution in [2.24, 2.45) is 0 Å². The number of rotatable bonds is 8. The van der Waals surface area contributed by atoms with E-state index >= 15 is 0 Å². The molecule has 0 atom stereocenters. The molecule has 0 bridgehead atoms. The van der Waals surface area contributed by atoms with Crippen molar-refractivity contribution in [1.82, 2.24) is 4.90 Å². The summed E-state index contributed by atoms with van der Waals surface area (Å²) in [5.41, 5.74) is 0.400. The summed E-state index contributed by atoms with van der Waals surface area (Å²) in [6, 6.07) is 6.94. The maximum absolute atomic E-state index is 13.3. The van der Waals surface area contributed by atoms with Crippen molar-refractivity contribution in [2.45, 2.75) is 25.8 Å². The van der Waals surface area contributed by atoms with Gasteiger partial charge in [-0.15, -0.1) is 11.3 Å². The molecule has 2 rings (SSSR count). The molecule has 0 saturated heterocycles. The topological polar surface area (TPSA) is 57.6 Å². The van der Waals surface area contributed by atoms with Gasteiger partial charge in [-0.3, -0.25) is 9.59 Å². The molecule has 25 heavy (non-hydrogen) atoms. The summed E-state index contributed by atoms with van der Waals surface area (Å²) in [5, 5.41) is 8.84. The lowest BCUT2D eigenvalue weighted by Crippen LogP contribution is -2.32. The average Bonchev–Trinajstić information content (AvgIpc) is 2.97. The smallest absolute Gasteiger partial charge is 0.305 e. The summed E-state index contributed by atoms with van der Waals surface area (Å²) in [4.78, 5) is 25.5. The second-order valence-corrected chi connectivity index (χ2v) is 7.21. The largest absolute Gasteiger partial charge is 0.481 e. The number of benzene rings is 1. The molecule has 1 aromatic carbocycles. The van der Waals surface area contributed by atoms with Crippen LogP contribution in [-0.2, 0) is 22.6 Å². The highest BCUT2D eigenvalue weighted by Gasteiger charge is 2.16. The third kappa shape index (κ3) is 6.10. The van der Waals surface area contributed by atoms with Crippen molar-refractivity contribution >= 4 is 34.8 Å². The van der Waals surface area contributed by atoms with E-state index in [2.05, 4.69) is 0 Å². The Kier molecular flexibility index (Phi) is 6.90. The van der Waals surface area contributed by atoms with Crippen LogP contribution in [0.2, 0.25) is 4.34 Å². The van der Waals surface area contributed by atoms with Gasteiger partial charge in [0.2, 0.25) is 5.91 Å². The third-order valence-electron chi connectivity index (χ3n) is 3.52. The summed E-state index contributed by atoms with van der Waals surface area (Å²) in [6.07, 6.45) is 0.442. The molecule has 1 heterocycles. The number of thiophene rings is 1. The number of carboxylic acids is 1. The fourth-order valence-electron chi connectivity index (χ4n) is 2.26. The highest BCUT2D eigenvalue weighted by Crippen LogP contribution is 2.23. The number of carbonyl (C=O) groups is 2. The third-order valence-corrected chi connectivity index (χ3v) is 4.81. The van der Waals surface area contributed by atoms with Gasteiger partial charge in [0.25, 0.3) is 0 Å². The molecule has 1 N–H and O–H groups in total. The number of carbonyl (C=O) groups excluding carboxylic acids is 1. The summed E-state index contributed by atoms with van der Waals surface area (Å²) in [6.45, 7) is 0.0207. The van der Waals surface area contributed by atoms with E-state index in [4.69, 9.17) is 16.7 Å². The predicted molar refractivity (Wildman–Crippen MR) is 91.7 cm³/mol. The molecule has 0 fully saturated rings. The van der Waals surface area contributed by atoms with Gasteiger partial charge in [0, 0.05) is 24.4 Å². The van der Waals surface area contributed by atoms with E-state index in [0.717, 1.165) is 17.0 Å². The fraction of sp³-hybridized carbons (Fsp3) is 0.294. The first-order chi connectivity index (χ1) is 11.8. The molecule has 0 unspecified atom stereocenters. The zero-order valence-electron chi connectivity index (χ0n) is 13.2. The average molecular weight is 388 g/mol. The Bertz CT molecular complexity index is 766. The van der Waals surface area contributed by atoms with Crippen LogP contribution in [-0.4, -0.2) is 28.4 Å². The number of aliphatic carboxylic acids is 1. The van der Waals surface area contributed by atoms with Crippen LogP contribution >= 0.6 is 22.9 Å². The number of halogens is 3. The van der Waals surface area contributed by atoms with Crippen LogP contribution < -0.4 is 0 Å². The van der Waals surface area contributed by atoms with E-state index in [1.165, 1.54) is 22.3 Å². The summed E-state index contributed by atoms with van der Waals surface area (Å²) < 4.78 is 27.0. The van der Waals surface area contributed by atoms with Crippen LogP contribution in [0.1, 0.15) is 23.3 Å². The fourth-order valence-corrected chi connectivity index (χ4v) is 3.34. The maximum Gasteiger partial charge on any atom is 0.305 e. The van der Waals surface area contributed by atoms with Crippen LogP contribution in [0.25, 0.3) is 0 Å². The number of amides is 1. The summed E-state index contributed by atoms with van der Waals surface area (Å²) >= 11 is 7.23. The number of hydrogen-bond donors (Lipinski definition) is 1. The van der Waals surface area contributed by atoms with Gasteiger partial charge in [0.05, 0.1) is 10.8 Å². The molecule has 134 valence electrons. The molecule has 0 saturated carbocycles. The van der Waals surface area contributed by atoms with Crippen molar-refractivity contribution in [3.8, 4) is 0 Å². The van der Waals surface area contributed by atoms with Gasteiger partial charge in [-0.2, -0.15) is 0 Å². The Balaban J connectivity index is 2.03. The molecule has 0 aliphatic carbocycles. The summed E-state index contributed by atoms with van der Waals surface area (Å²) in [7, 11) is 0. The van der Waals surface area contributed by atoms with Crippen molar-refractivity contribution in [2.75, 3.05) is 6.54 Å². The molecular weight excluding hydrogens is 372 g/mol. The molecule has 0 radical (unpaired) electrons. The maximum atomic E-state index is 13.3. The molecule has 4 nitrogen and oxygen atoms in total. The lowest BCUT2D eigenvalue weighted by atomic mass is 10.1. The zero-order chi connectivity index (χ0) is 18.4. The first-order valence-corrected chi connectivity index (χ1v) is 8.72. The summed E-state index contributed by atoms with van der Waals surface area (Å²) in [5.74, 6) is -3.26. The van der Waals surface area contributed by atoms with Crippen molar-refractivity contribution in [1.29, 1.82) is 0 Å². The molecular formula is C17H16ClF2NO3S. The van der Waals surface area contributed by atoms with Gasteiger partial charge in [-0.05, 0) is 36.2 Å². The molecule has 0 aliphatic rings. The minimum absolute atomic E-state index is 0.00163. The van der Waals surface area contributed by atoms with Gasteiger partial charge >= 0.3 is 5.97 Å². The van der Waals surface area contributed by atoms with E-state index in [-0.39, 0.29) is 31.8 Å². The molecule has 1 aromatic heterocycles. The lowest BCUT2D eigenvalue weighted by Gasteiger charge is -2.22. The molecule has 2 aromatic rings. The van der Waals surface area contributed by atoms with Crippen molar-refractivity contribution in [3.05, 3.63) is 56.7 Å². The highest BCUT2D eigenvalue weighted by atomic mass is 35.5. The monoisotopic (exact) mass is 387 g/mol. The van der Waals surface area contributed by atoms with Gasteiger partial charge in [-0.25, -0.2) is 8.78 Å². The van der Waals surface area contributed by atoms with Crippen molar-refractivity contribution in [3.63, 3.8) is 0 Å². The second-order valence-electron chi connectivity index (χ2n) is 5.41. The highest BCUT2D eigenvalue weighted by molar-refractivity contribution is 7.16. The Hall–Kier alpha value is -1.99. The Morgan fingerprint density at radius 1 is 1.12 bits per heavy atom. The normalized spacial score (nSPS) is 10.7. The predicted octanol–water partition coefficient (Wildman–Crippen LogP) is 4.12. The molecule has 8 heteroatoms. The number of nitrogens with zero attached hydrogens (tertiary/aromatic N) is 1. The van der Waals surface area contributed by atoms with Crippen molar-refractivity contribution < 1.29 is 23.5 Å². The van der Waals surface area contributed by atoms with Crippen LogP contribution in [0, 0.1) is 11.6 Å². The number of hydrogen-bond acceptors (Lipinski definition) is 3. The molecule has 0 aliphatic heterocycles. The van der Waals surface area contributed by atoms with Crippen LogP contribution in [0.4, 0.5) is 8.78 Å². The standard InChI is InChI=1S/C17H16ClF2NO3S/c18-15-5-2-12(25-15)3-6-16(22)21(8-7-17(23)24)10-11-1-4-13(19)14(20)9-11/h1-2,4-5,9H,3,6-8,10H2,(H,23,24). The van der Waals surface area contributed by atoms with Gasteiger partial charge < -0.3 is 10.0 Å². The quantitative estimate of drug-likeness (QED) is 0.741. The van der Waals surface area contributed by atoms with Crippen LogP contribution in [0.3, 0.4) is 0 Å². The van der Waals surface area contributed by atoms with Gasteiger partial charge in [0.1, 0.15) is 0 Å². The minimum Gasteiger partial charge on any atom is -0.481 e. The van der Waals surface area contributed by atoms with E-state index in [1.54, 1.807) is 6.07 Å². The lowest BCUT2D eigenvalue weighted by molar-refractivity contribution is -0.138. The molecule has 1 amide bonds. The van der Waals surface area contributed by atoms with Gasteiger partial charge in [0.15, 0.2) is 11.6 Å². The van der Waals surface area contributed by atoms with E-state index < -0.39 is 17.6 Å². The van der Waals surface area contributed by atoms with Gasteiger partial charge in [-0.1, -0.05) is 17.7 Å². The zero-order valence-corrected chi connectivity index (χ0v) is 14.7.